The first-order valence-electron chi connectivity index (χ1n) is 21.1. The van der Waals surface area contributed by atoms with E-state index in [-0.39, 0.29) is 13.2 Å². The van der Waals surface area contributed by atoms with E-state index in [4.69, 9.17) is 27.1 Å². The highest BCUT2D eigenvalue weighted by atomic mass is 31.2. The smallest absolute Gasteiger partial charge is 0.378 e. The minimum Gasteiger partial charge on any atom is -0.378 e. The number of rotatable bonds is 26. The van der Waals surface area contributed by atoms with Crippen molar-refractivity contribution in [2.45, 2.75) is 64.7 Å². The predicted molar refractivity (Wildman–Crippen MR) is 249 cm³/mol. The molecule has 3 unspecified atom stereocenters. The zero-order valence-corrected chi connectivity index (χ0v) is 39.5. The average Bonchev–Trinajstić information content (AvgIpc) is 3.25. The van der Waals surface area contributed by atoms with Gasteiger partial charge in [0.05, 0.1) is 39.6 Å². The summed E-state index contributed by atoms with van der Waals surface area (Å²) in [6.45, 7) is -0.126. The van der Waals surface area contributed by atoms with Crippen LogP contribution in [0, 0.1) is 23.7 Å². The average molecular weight is 927 g/mol. The Hall–Kier alpha value is -3.81. The van der Waals surface area contributed by atoms with Crippen molar-refractivity contribution in [1.82, 2.24) is 0 Å². The number of benzene rings is 4. The van der Waals surface area contributed by atoms with Crippen molar-refractivity contribution in [3.05, 3.63) is 107 Å². The van der Waals surface area contributed by atoms with Crippen LogP contribution in [0.4, 0.5) is 11.4 Å². The van der Waals surface area contributed by atoms with Crippen molar-refractivity contribution in [3.63, 3.8) is 0 Å². The molecular formula is C46H61N2O12P3. The van der Waals surface area contributed by atoms with Gasteiger partial charge in [0.2, 0.25) is 0 Å². The number of anilines is 2. The third-order valence-corrected chi connectivity index (χ3v) is 12.7. The van der Waals surface area contributed by atoms with Crippen molar-refractivity contribution < 1.29 is 55.5 Å². The summed E-state index contributed by atoms with van der Waals surface area (Å²) in [6.07, 6.45) is 7.13. The first-order valence-corrected chi connectivity index (χ1v) is 25.6. The maximum absolute atomic E-state index is 12.5. The van der Waals surface area contributed by atoms with E-state index in [1.54, 1.807) is 0 Å². The van der Waals surface area contributed by atoms with Crippen molar-refractivity contribution in [1.29, 1.82) is 0 Å². The molecule has 0 aliphatic rings. The Morgan fingerprint density at radius 3 is 1.37 bits per heavy atom. The van der Waals surface area contributed by atoms with Crippen molar-refractivity contribution in [2.75, 3.05) is 77.6 Å². The van der Waals surface area contributed by atoms with Crippen LogP contribution in [0.5, 0.6) is 0 Å². The summed E-state index contributed by atoms with van der Waals surface area (Å²) in [5, 5.41) is 2.01. The van der Waals surface area contributed by atoms with Gasteiger partial charge in [-0.25, -0.2) is 13.7 Å². The Labute approximate surface area is 372 Å². The first kappa shape index (κ1) is 51.8. The van der Waals surface area contributed by atoms with Gasteiger partial charge in [-0.15, -0.1) is 0 Å². The molecule has 0 heterocycles. The number of hydrogen-bond donors (Lipinski definition) is 3. The Morgan fingerprint density at radius 1 is 0.492 bits per heavy atom. The molecule has 0 spiro atoms. The topological polar surface area (TPSA) is 174 Å². The fourth-order valence-corrected chi connectivity index (χ4v) is 8.39. The molecule has 63 heavy (non-hydrogen) atoms. The Kier molecular flexibility index (Phi) is 21.6. The Bertz CT molecular complexity index is 2320. The zero-order valence-electron chi connectivity index (χ0n) is 36.9. The standard InChI is InChI=1S/C46H61N2O12P3/c1-6-7-8-9-14-31-55-61(49,50)57-33-35-59-63(53,54)60-36-34-58-62(51,52)56-32-15-10-11-16-40-37-41(25-19-38-20-26-42(27-21-38)47(2)3)44-17-12-13-18-46(44)45(40)30-24-39-22-28-43(29-23-39)48(4)5/h12-13,17-18,20-23,26-29,37H,6-11,14-16,31-36H2,1-5H3,(H,49,50)(H,51,52)(H,53,54). The molecule has 0 fully saturated rings. The maximum atomic E-state index is 12.5. The van der Waals surface area contributed by atoms with E-state index in [9.17, 15) is 28.4 Å². The molecule has 3 N–H and O–H groups in total. The van der Waals surface area contributed by atoms with Gasteiger partial charge in [0.15, 0.2) is 0 Å². The van der Waals surface area contributed by atoms with E-state index >= 15 is 0 Å². The minimum atomic E-state index is -4.63. The molecule has 17 heteroatoms. The molecule has 0 aliphatic heterocycles. The monoisotopic (exact) mass is 926 g/mol. The summed E-state index contributed by atoms with van der Waals surface area (Å²) in [5.74, 6) is 13.6. The molecule has 0 bridgehead atoms. The van der Waals surface area contributed by atoms with Crippen LogP contribution in [-0.4, -0.2) is 82.5 Å². The van der Waals surface area contributed by atoms with Gasteiger partial charge < -0.3 is 24.5 Å². The number of aryl methyl sites for hydroxylation is 1. The molecule has 0 saturated heterocycles. The van der Waals surface area contributed by atoms with Crippen molar-refractivity contribution in [3.8, 4) is 23.7 Å². The van der Waals surface area contributed by atoms with Crippen LogP contribution < -0.4 is 9.80 Å². The lowest BCUT2D eigenvalue weighted by molar-refractivity contribution is 0.0864. The third kappa shape index (κ3) is 19.1. The molecule has 3 atom stereocenters. The van der Waals surface area contributed by atoms with Gasteiger partial charge in [0.1, 0.15) is 0 Å². The van der Waals surface area contributed by atoms with Gasteiger partial charge in [-0.3, -0.25) is 27.1 Å². The first-order chi connectivity index (χ1) is 30.1. The number of phosphoric acid groups is 3. The van der Waals surface area contributed by atoms with Crippen molar-refractivity contribution in [2.24, 2.45) is 0 Å². The normalized spacial score (nSPS) is 14.1. The molecule has 0 radical (unpaired) electrons. The second kappa shape index (κ2) is 26.2. The van der Waals surface area contributed by atoms with Gasteiger partial charge in [-0.05, 0) is 96.6 Å². The summed E-state index contributed by atoms with van der Waals surface area (Å²) in [4.78, 5) is 33.8. The van der Waals surface area contributed by atoms with Gasteiger partial charge in [0.25, 0.3) is 0 Å². The summed E-state index contributed by atoms with van der Waals surface area (Å²) in [5.41, 5.74) is 6.83. The SMILES string of the molecule is CCCCCCCOP(=O)(O)OCCOP(=O)(O)OCCOP(=O)(O)OCCCCCc1cc(C#Cc2ccc(N(C)C)cc2)c2ccccc2c1C#Cc1ccc(N(C)C)cc1. The lowest BCUT2D eigenvalue weighted by atomic mass is 9.92. The summed E-state index contributed by atoms with van der Waals surface area (Å²) in [7, 11) is -5.48. The fourth-order valence-electron chi connectivity index (χ4n) is 6.22. The maximum Gasteiger partial charge on any atom is 0.472 e. The minimum absolute atomic E-state index is 0.0434. The van der Waals surface area contributed by atoms with E-state index in [1.165, 1.54) is 0 Å². The van der Waals surface area contributed by atoms with Crippen molar-refractivity contribution >= 4 is 45.6 Å². The van der Waals surface area contributed by atoms with E-state index < -0.39 is 49.9 Å². The molecule has 342 valence electrons. The third-order valence-electron chi connectivity index (χ3n) is 9.60. The van der Waals surface area contributed by atoms with E-state index in [0.717, 1.165) is 82.1 Å². The number of phosphoric ester groups is 3. The second-order valence-corrected chi connectivity index (χ2v) is 19.4. The lowest BCUT2D eigenvalue weighted by Gasteiger charge is -2.15. The Balaban J connectivity index is 1.28. The number of unbranched alkanes of at least 4 members (excludes halogenated alkanes) is 6. The van der Waals surface area contributed by atoms with Crippen LogP contribution in [0.15, 0.2) is 78.9 Å². The van der Waals surface area contributed by atoms with Crippen LogP contribution in [0.1, 0.15) is 86.1 Å². The number of nitrogens with zero attached hydrogens (tertiary/aromatic N) is 2. The van der Waals surface area contributed by atoms with Crippen LogP contribution in [0.2, 0.25) is 0 Å². The number of fused-ring (bicyclic) bond motifs is 1. The summed E-state index contributed by atoms with van der Waals surface area (Å²) >= 11 is 0. The molecule has 4 aromatic rings. The molecule has 0 saturated carbocycles. The lowest BCUT2D eigenvalue weighted by Crippen LogP contribution is -2.08. The molecule has 0 aliphatic carbocycles. The second-order valence-electron chi connectivity index (χ2n) is 15.0. The van der Waals surface area contributed by atoms with Gasteiger partial charge in [-0.1, -0.05) is 87.0 Å². The highest BCUT2D eigenvalue weighted by molar-refractivity contribution is 7.48. The quantitative estimate of drug-likeness (QED) is 0.0308. The number of hydrogen-bond acceptors (Lipinski definition) is 11. The summed E-state index contributed by atoms with van der Waals surface area (Å²) in [6, 6.07) is 26.4. The molecule has 0 amide bonds. The fraction of sp³-hybridized carbons (Fsp3) is 0.435. The van der Waals surface area contributed by atoms with Gasteiger partial charge in [-0.2, -0.15) is 0 Å². The zero-order chi connectivity index (χ0) is 45.7. The molecule has 0 aromatic heterocycles. The van der Waals surface area contributed by atoms with Gasteiger partial charge >= 0.3 is 23.5 Å². The van der Waals surface area contributed by atoms with E-state index in [2.05, 4.69) is 48.8 Å². The molecule has 4 rings (SSSR count). The van der Waals surface area contributed by atoms with Crippen LogP contribution in [0.3, 0.4) is 0 Å². The van der Waals surface area contributed by atoms with Gasteiger partial charge in [0, 0.05) is 61.8 Å². The highest BCUT2D eigenvalue weighted by Crippen LogP contribution is 2.47. The molecular weight excluding hydrogens is 865 g/mol. The van der Waals surface area contributed by atoms with E-state index in [0.29, 0.717) is 25.7 Å². The van der Waals surface area contributed by atoms with Crippen LogP contribution >= 0.6 is 23.5 Å². The molecule has 4 aromatic carbocycles. The van der Waals surface area contributed by atoms with Crippen LogP contribution in [-0.2, 0) is 47.3 Å². The molecule has 14 nitrogen and oxygen atoms in total. The van der Waals surface area contributed by atoms with Crippen LogP contribution in [0.25, 0.3) is 10.8 Å². The highest BCUT2D eigenvalue weighted by Gasteiger charge is 2.26. The van der Waals surface area contributed by atoms with E-state index in [1.807, 2.05) is 98.7 Å². The predicted octanol–water partition coefficient (Wildman–Crippen LogP) is 9.86. The summed E-state index contributed by atoms with van der Waals surface area (Å²) < 4.78 is 65.7. The Morgan fingerprint density at radius 2 is 0.905 bits per heavy atom. The largest absolute Gasteiger partial charge is 0.472 e.